The van der Waals surface area contributed by atoms with Crippen molar-refractivity contribution in [2.75, 3.05) is 7.11 Å². The van der Waals surface area contributed by atoms with Crippen LogP contribution in [0.2, 0.25) is 0 Å². The van der Waals surface area contributed by atoms with Crippen LogP contribution in [-0.4, -0.2) is 24.2 Å². The van der Waals surface area contributed by atoms with Crippen molar-refractivity contribution < 1.29 is 24.2 Å². The molecule has 17 heavy (non-hydrogen) atoms. The van der Waals surface area contributed by atoms with E-state index in [1.54, 1.807) is 12.1 Å². The van der Waals surface area contributed by atoms with Crippen LogP contribution in [0.15, 0.2) is 24.3 Å². The summed E-state index contributed by atoms with van der Waals surface area (Å²) in [6.45, 7) is 1.15. The number of hydrogen-bond donors (Lipinski definition) is 1. The van der Waals surface area contributed by atoms with Gasteiger partial charge in [-0.25, -0.2) is 4.79 Å². The lowest BCUT2D eigenvalue weighted by Crippen LogP contribution is -2.05. The Labute approximate surface area is 98.3 Å². The minimum Gasteiger partial charge on any atom is -0.504 e. The van der Waals surface area contributed by atoms with Crippen molar-refractivity contribution in [1.29, 1.82) is 0 Å². The smallest absolute Gasteiger partial charge is 0.338 e. The predicted octanol–water partition coefficient (Wildman–Crippen LogP) is 1.50. The van der Waals surface area contributed by atoms with Crippen LogP contribution in [0.1, 0.15) is 12.5 Å². The number of aromatic hydroxyl groups is 1. The van der Waals surface area contributed by atoms with Crippen molar-refractivity contribution in [3.8, 4) is 11.5 Å². The van der Waals surface area contributed by atoms with E-state index in [-0.39, 0.29) is 5.75 Å². The number of ether oxygens (including phenoxy) is 2. The van der Waals surface area contributed by atoms with E-state index >= 15 is 0 Å². The quantitative estimate of drug-likeness (QED) is 0.489. The van der Waals surface area contributed by atoms with Crippen LogP contribution in [0, 0.1) is 0 Å². The summed E-state index contributed by atoms with van der Waals surface area (Å²) >= 11 is 0. The van der Waals surface area contributed by atoms with Crippen LogP contribution in [0.25, 0.3) is 6.08 Å². The first-order chi connectivity index (χ1) is 8.02. The van der Waals surface area contributed by atoms with E-state index < -0.39 is 11.9 Å². The number of methoxy groups -OCH3 is 1. The minimum atomic E-state index is -0.746. The normalized spacial score (nSPS) is 10.2. The summed E-state index contributed by atoms with van der Waals surface area (Å²) < 4.78 is 9.21. The first-order valence-corrected chi connectivity index (χ1v) is 4.80. The van der Waals surface area contributed by atoms with E-state index in [9.17, 15) is 14.7 Å². The van der Waals surface area contributed by atoms with Gasteiger partial charge in [-0.2, -0.15) is 0 Å². The maximum Gasteiger partial charge on any atom is 0.338 e. The summed E-state index contributed by atoms with van der Waals surface area (Å²) in [6.07, 6.45) is 2.57. The lowest BCUT2D eigenvalue weighted by atomic mass is 10.2. The molecule has 5 heteroatoms. The minimum absolute atomic E-state index is 0.0102. The van der Waals surface area contributed by atoms with Crippen molar-refractivity contribution in [2.45, 2.75) is 6.92 Å². The van der Waals surface area contributed by atoms with E-state index in [4.69, 9.17) is 4.74 Å². The van der Waals surface area contributed by atoms with E-state index in [2.05, 4.69) is 4.74 Å². The third kappa shape index (κ3) is 3.98. The average molecular weight is 236 g/mol. The van der Waals surface area contributed by atoms with Crippen LogP contribution >= 0.6 is 0 Å². The molecule has 1 rings (SSSR count). The second kappa shape index (κ2) is 5.69. The fourth-order valence-electron chi connectivity index (χ4n) is 1.14. The molecule has 0 amide bonds. The second-order valence-electron chi connectivity index (χ2n) is 3.18. The zero-order chi connectivity index (χ0) is 12.8. The highest BCUT2D eigenvalue weighted by molar-refractivity contribution is 5.94. The third-order valence-electron chi connectivity index (χ3n) is 1.86. The van der Waals surface area contributed by atoms with Crippen molar-refractivity contribution in [3.05, 3.63) is 29.8 Å². The van der Waals surface area contributed by atoms with Gasteiger partial charge >= 0.3 is 11.9 Å². The Kier molecular flexibility index (Phi) is 4.28. The van der Waals surface area contributed by atoms with Gasteiger partial charge in [-0.05, 0) is 23.8 Å². The van der Waals surface area contributed by atoms with Gasteiger partial charge in [0, 0.05) is 13.0 Å². The van der Waals surface area contributed by atoms with Crippen molar-refractivity contribution in [2.24, 2.45) is 0 Å². The Morgan fingerprint density at radius 1 is 1.35 bits per heavy atom. The molecule has 0 radical (unpaired) electrons. The molecule has 0 saturated heterocycles. The summed E-state index contributed by atoms with van der Waals surface area (Å²) in [7, 11) is 1.42. The standard InChI is InChI=1S/C12H12O5/c1-8(13)17-12(15)6-4-9-3-5-10(14)11(7-9)16-2/h3-7,14H,1-2H3/b6-4+. The number of rotatable bonds is 3. The maximum absolute atomic E-state index is 11.0. The zero-order valence-electron chi connectivity index (χ0n) is 9.47. The Balaban J connectivity index is 2.78. The number of esters is 2. The number of phenolic OH excluding ortho intramolecular Hbond substituents is 1. The van der Waals surface area contributed by atoms with E-state index in [1.807, 2.05) is 0 Å². The molecule has 0 saturated carbocycles. The third-order valence-corrected chi connectivity index (χ3v) is 1.86. The van der Waals surface area contributed by atoms with Crippen molar-refractivity contribution >= 4 is 18.0 Å². The van der Waals surface area contributed by atoms with E-state index in [1.165, 1.54) is 19.3 Å². The highest BCUT2D eigenvalue weighted by Crippen LogP contribution is 2.26. The second-order valence-corrected chi connectivity index (χ2v) is 3.18. The number of carbonyl (C=O) groups is 2. The van der Waals surface area contributed by atoms with Crippen LogP contribution in [0.5, 0.6) is 11.5 Å². The lowest BCUT2D eigenvalue weighted by molar-refractivity contribution is -0.154. The molecule has 0 aliphatic carbocycles. The molecule has 1 aromatic carbocycles. The molecular weight excluding hydrogens is 224 g/mol. The molecule has 0 aromatic heterocycles. The van der Waals surface area contributed by atoms with E-state index in [0.29, 0.717) is 11.3 Å². The van der Waals surface area contributed by atoms with Gasteiger partial charge in [0.15, 0.2) is 11.5 Å². The molecular formula is C12H12O5. The molecule has 0 aliphatic heterocycles. The van der Waals surface area contributed by atoms with Gasteiger partial charge in [0.2, 0.25) is 0 Å². The average Bonchev–Trinajstić information content (AvgIpc) is 2.27. The fourth-order valence-corrected chi connectivity index (χ4v) is 1.14. The zero-order valence-corrected chi connectivity index (χ0v) is 9.47. The lowest BCUT2D eigenvalue weighted by Gasteiger charge is -2.03. The van der Waals surface area contributed by atoms with Gasteiger partial charge in [0.05, 0.1) is 7.11 Å². The fraction of sp³-hybridized carbons (Fsp3) is 0.167. The number of carbonyl (C=O) groups excluding carboxylic acids is 2. The van der Waals surface area contributed by atoms with Crippen LogP contribution < -0.4 is 4.74 Å². The number of phenols is 1. The van der Waals surface area contributed by atoms with Crippen molar-refractivity contribution in [3.63, 3.8) is 0 Å². The van der Waals surface area contributed by atoms with Gasteiger partial charge in [0.25, 0.3) is 0 Å². The molecule has 1 aromatic rings. The predicted molar refractivity (Wildman–Crippen MR) is 60.5 cm³/mol. The Bertz CT molecular complexity index is 462. The summed E-state index contributed by atoms with van der Waals surface area (Å²) in [5.41, 5.74) is 0.639. The molecule has 1 N–H and O–H groups in total. The summed E-state index contributed by atoms with van der Waals surface area (Å²) in [4.78, 5) is 21.5. The molecule has 0 spiro atoms. The van der Waals surface area contributed by atoms with Gasteiger partial charge in [0.1, 0.15) is 0 Å². The molecule has 5 nitrogen and oxygen atoms in total. The Morgan fingerprint density at radius 2 is 2.06 bits per heavy atom. The SMILES string of the molecule is COc1cc(/C=C/C(=O)OC(C)=O)ccc1O. The van der Waals surface area contributed by atoms with Crippen LogP contribution in [0.3, 0.4) is 0 Å². The monoisotopic (exact) mass is 236 g/mol. The highest BCUT2D eigenvalue weighted by atomic mass is 16.6. The van der Waals surface area contributed by atoms with Gasteiger partial charge in [-0.15, -0.1) is 0 Å². The summed E-state index contributed by atoms with van der Waals surface area (Å²) in [6, 6.07) is 4.58. The largest absolute Gasteiger partial charge is 0.504 e. The molecule has 0 heterocycles. The number of benzene rings is 1. The van der Waals surface area contributed by atoms with Gasteiger partial charge in [-0.1, -0.05) is 6.07 Å². The Morgan fingerprint density at radius 3 is 2.65 bits per heavy atom. The molecule has 0 aliphatic rings. The van der Waals surface area contributed by atoms with Gasteiger partial charge in [-0.3, -0.25) is 4.79 Å². The van der Waals surface area contributed by atoms with Crippen LogP contribution in [-0.2, 0) is 14.3 Å². The topological polar surface area (TPSA) is 72.8 Å². The molecule has 0 bridgehead atoms. The van der Waals surface area contributed by atoms with E-state index in [0.717, 1.165) is 13.0 Å². The number of hydrogen-bond acceptors (Lipinski definition) is 5. The van der Waals surface area contributed by atoms with Crippen molar-refractivity contribution in [1.82, 2.24) is 0 Å². The first-order valence-electron chi connectivity index (χ1n) is 4.80. The Hall–Kier alpha value is -2.30. The van der Waals surface area contributed by atoms with Gasteiger partial charge < -0.3 is 14.6 Å². The highest BCUT2D eigenvalue weighted by Gasteiger charge is 2.03. The summed E-state index contributed by atoms with van der Waals surface area (Å²) in [5, 5.41) is 9.35. The maximum atomic E-state index is 11.0. The molecule has 0 fully saturated rings. The first kappa shape index (κ1) is 12.8. The van der Waals surface area contributed by atoms with Crippen LogP contribution in [0.4, 0.5) is 0 Å². The molecule has 0 unspecified atom stereocenters. The molecule has 90 valence electrons. The molecule has 0 atom stereocenters. The summed E-state index contributed by atoms with van der Waals surface area (Å²) in [5.74, 6) is -1.10.